The molecule has 0 unspecified atom stereocenters. The van der Waals surface area contributed by atoms with Gasteiger partial charge < -0.3 is 0 Å². The van der Waals surface area contributed by atoms with Crippen LogP contribution in [0.2, 0.25) is 0 Å². The van der Waals surface area contributed by atoms with Crippen molar-refractivity contribution in [3.05, 3.63) is 48.0 Å². The first-order valence-electron chi connectivity index (χ1n) is 9.67. The smallest absolute Gasteiger partial charge is 0.251 e. The van der Waals surface area contributed by atoms with Crippen molar-refractivity contribution < 1.29 is 4.58 Å². The SMILES string of the molecule is CC(C)C1=[N+]([C@H]2C=CCCC2)[C@H](c2ccccc2)[C@H](C)N1C(C)C. The molecular formula is C22H33N2+. The van der Waals surface area contributed by atoms with E-state index in [0.29, 0.717) is 30.1 Å². The first-order valence-corrected chi connectivity index (χ1v) is 9.67. The van der Waals surface area contributed by atoms with Crippen molar-refractivity contribution in [3.63, 3.8) is 0 Å². The van der Waals surface area contributed by atoms with Gasteiger partial charge in [-0.2, -0.15) is 0 Å². The number of amidine groups is 1. The van der Waals surface area contributed by atoms with Crippen molar-refractivity contribution >= 4 is 5.84 Å². The molecule has 0 saturated heterocycles. The highest BCUT2D eigenvalue weighted by atomic mass is 15.4. The van der Waals surface area contributed by atoms with Crippen LogP contribution in [0.25, 0.3) is 0 Å². The predicted octanol–water partition coefficient (Wildman–Crippen LogP) is 5.02. The fourth-order valence-electron chi connectivity index (χ4n) is 4.69. The summed E-state index contributed by atoms with van der Waals surface area (Å²) in [5.41, 5.74) is 1.45. The van der Waals surface area contributed by atoms with Gasteiger partial charge in [-0.3, -0.25) is 4.90 Å². The molecule has 130 valence electrons. The molecule has 2 nitrogen and oxygen atoms in total. The van der Waals surface area contributed by atoms with Gasteiger partial charge in [0.1, 0.15) is 12.1 Å². The van der Waals surface area contributed by atoms with E-state index in [4.69, 9.17) is 0 Å². The molecule has 0 bridgehead atoms. The van der Waals surface area contributed by atoms with Gasteiger partial charge in [0.05, 0.1) is 12.0 Å². The number of allylic oxidation sites excluding steroid dienone is 1. The minimum Gasteiger partial charge on any atom is -0.256 e. The van der Waals surface area contributed by atoms with Crippen LogP contribution in [0, 0.1) is 5.92 Å². The molecule has 0 spiro atoms. The van der Waals surface area contributed by atoms with E-state index in [1.807, 2.05) is 0 Å². The first kappa shape index (κ1) is 17.3. The van der Waals surface area contributed by atoms with Crippen LogP contribution < -0.4 is 0 Å². The monoisotopic (exact) mass is 325 g/mol. The molecule has 0 saturated carbocycles. The molecule has 1 heterocycles. The molecule has 0 N–H and O–H groups in total. The molecule has 1 aromatic carbocycles. The van der Waals surface area contributed by atoms with Crippen LogP contribution in [0.3, 0.4) is 0 Å². The topological polar surface area (TPSA) is 6.25 Å². The predicted molar refractivity (Wildman–Crippen MR) is 103 cm³/mol. The van der Waals surface area contributed by atoms with Crippen molar-refractivity contribution in [2.75, 3.05) is 0 Å². The molecule has 0 amide bonds. The molecule has 0 aromatic heterocycles. The minimum absolute atomic E-state index is 0.443. The number of hydrogen-bond donors (Lipinski definition) is 0. The first-order chi connectivity index (χ1) is 11.5. The number of benzene rings is 1. The lowest BCUT2D eigenvalue weighted by Gasteiger charge is -2.25. The third kappa shape index (κ3) is 3.03. The lowest BCUT2D eigenvalue weighted by molar-refractivity contribution is -0.593. The second kappa shape index (κ2) is 7.13. The fourth-order valence-corrected chi connectivity index (χ4v) is 4.69. The summed E-state index contributed by atoms with van der Waals surface area (Å²) < 4.78 is 2.75. The Morgan fingerprint density at radius 2 is 1.79 bits per heavy atom. The van der Waals surface area contributed by atoms with Gasteiger partial charge >= 0.3 is 0 Å². The van der Waals surface area contributed by atoms with Crippen molar-refractivity contribution in [2.24, 2.45) is 5.92 Å². The van der Waals surface area contributed by atoms with Crippen molar-refractivity contribution in [2.45, 2.75) is 78.0 Å². The standard InChI is InChI=1S/C22H33N2/c1-16(2)22-23(17(3)4)18(5)21(19-12-8-6-9-13-19)24(22)20-14-10-7-11-15-20/h6,8-10,12-14,16-18,20-21H,7,11,15H2,1-5H3/q+1/t18-,20-,21-/m0/s1. The van der Waals surface area contributed by atoms with Gasteiger partial charge in [0.2, 0.25) is 0 Å². The largest absolute Gasteiger partial charge is 0.256 e. The molecule has 3 rings (SSSR count). The van der Waals surface area contributed by atoms with E-state index < -0.39 is 0 Å². The molecule has 1 aromatic rings. The summed E-state index contributed by atoms with van der Waals surface area (Å²) in [6, 6.07) is 13.1. The highest BCUT2D eigenvalue weighted by Crippen LogP contribution is 2.37. The van der Waals surface area contributed by atoms with Gasteiger partial charge in [0.15, 0.2) is 6.04 Å². The van der Waals surface area contributed by atoms with E-state index in [-0.39, 0.29) is 0 Å². The van der Waals surface area contributed by atoms with Crippen LogP contribution >= 0.6 is 0 Å². The Bertz CT molecular complexity index is 612. The van der Waals surface area contributed by atoms with E-state index in [1.165, 1.54) is 30.7 Å². The van der Waals surface area contributed by atoms with Crippen LogP contribution in [0.1, 0.15) is 65.5 Å². The van der Waals surface area contributed by atoms with Crippen molar-refractivity contribution in [1.82, 2.24) is 4.90 Å². The summed E-state index contributed by atoms with van der Waals surface area (Å²) in [7, 11) is 0. The lowest BCUT2D eigenvalue weighted by atomic mass is 9.96. The molecule has 3 atom stereocenters. The Kier molecular flexibility index (Phi) is 5.12. The number of hydrogen-bond acceptors (Lipinski definition) is 1. The Morgan fingerprint density at radius 1 is 1.08 bits per heavy atom. The summed E-state index contributed by atoms with van der Waals surface area (Å²) in [5.74, 6) is 2.07. The molecule has 2 aliphatic rings. The second-order valence-corrected chi connectivity index (χ2v) is 7.94. The molecular weight excluding hydrogens is 292 g/mol. The van der Waals surface area contributed by atoms with Gasteiger partial charge in [-0.15, -0.1) is 0 Å². The maximum atomic E-state index is 2.75. The molecule has 24 heavy (non-hydrogen) atoms. The average molecular weight is 326 g/mol. The zero-order valence-electron chi connectivity index (χ0n) is 15.9. The summed E-state index contributed by atoms with van der Waals surface area (Å²) >= 11 is 0. The zero-order chi connectivity index (χ0) is 17.3. The van der Waals surface area contributed by atoms with Crippen LogP contribution in [0.4, 0.5) is 0 Å². The van der Waals surface area contributed by atoms with Crippen molar-refractivity contribution in [3.8, 4) is 0 Å². The second-order valence-electron chi connectivity index (χ2n) is 7.94. The van der Waals surface area contributed by atoms with Crippen LogP contribution in [0.5, 0.6) is 0 Å². The fraction of sp³-hybridized carbons (Fsp3) is 0.591. The maximum Gasteiger partial charge on any atom is 0.251 e. The van der Waals surface area contributed by atoms with Crippen LogP contribution in [-0.2, 0) is 0 Å². The van der Waals surface area contributed by atoms with Crippen LogP contribution in [-0.4, -0.2) is 33.4 Å². The van der Waals surface area contributed by atoms with E-state index in [1.54, 1.807) is 0 Å². The minimum atomic E-state index is 0.443. The van der Waals surface area contributed by atoms with E-state index >= 15 is 0 Å². The Balaban J connectivity index is 2.15. The van der Waals surface area contributed by atoms with Gasteiger partial charge in [-0.1, -0.05) is 50.3 Å². The van der Waals surface area contributed by atoms with Gasteiger partial charge in [0, 0.05) is 5.56 Å². The molecule has 0 radical (unpaired) electrons. The molecule has 2 heteroatoms. The molecule has 1 aliphatic carbocycles. The van der Waals surface area contributed by atoms with E-state index in [0.717, 1.165) is 0 Å². The van der Waals surface area contributed by atoms with E-state index in [9.17, 15) is 0 Å². The Morgan fingerprint density at radius 3 is 2.33 bits per heavy atom. The number of rotatable bonds is 4. The van der Waals surface area contributed by atoms with Crippen LogP contribution in [0.15, 0.2) is 42.5 Å². The third-order valence-corrected chi connectivity index (χ3v) is 5.52. The normalized spacial score (nSPS) is 27.6. The maximum absolute atomic E-state index is 2.75. The Labute approximate surface area is 147 Å². The summed E-state index contributed by atoms with van der Waals surface area (Å²) in [6.07, 6.45) is 8.66. The highest BCUT2D eigenvalue weighted by molar-refractivity contribution is 5.81. The molecule has 1 aliphatic heterocycles. The van der Waals surface area contributed by atoms with E-state index in [2.05, 4.69) is 86.6 Å². The molecule has 0 fully saturated rings. The van der Waals surface area contributed by atoms with Gasteiger partial charge in [0.25, 0.3) is 5.84 Å². The highest BCUT2D eigenvalue weighted by Gasteiger charge is 2.49. The third-order valence-electron chi connectivity index (χ3n) is 5.52. The summed E-state index contributed by atoms with van der Waals surface area (Å²) in [4.78, 5) is 2.67. The zero-order valence-corrected chi connectivity index (χ0v) is 15.9. The van der Waals surface area contributed by atoms with Gasteiger partial charge in [-0.05, 0) is 46.1 Å². The summed E-state index contributed by atoms with van der Waals surface area (Å²) in [5, 5.41) is 0. The number of nitrogens with zero attached hydrogens (tertiary/aromatic N) is 2. The quantitative estimate of drug-likeness (QED) is 0.557. The Hall–Kier alpha value is -1.57. The lowest BCUT2D eigenvalue weighted by Crippen LogP contribution is -2.43. The van der Waals surface area contributed by atoms with Crippen molar-refractivity contribution in [1.29, 1.82) is 0 Å². The summed E-state index contributed by atoms with van der Waals surface area (Å²) in [6.45, 7) is 11.8. The van der Waals surface area contributed by atoms with Gasteiger partial charge in [-0.25, -0.2) is 4.58 Å². The average Bonchev–Trinajstić information content (AvgIpc) is 2.90.